The third kappa shape index (κ3) is 2.94. The molecular formula is C20H33NO2. The molecule has 3 heteroatoms. The Morgan fingerprint density at radius 3 is 2.39 bits per heavy atom. The maximum atomic E-state index is 13.0. The van der Waals surface area contributed by atoms with E-state index in [9.17, 15) is 4.79 Å². The van der Waals surface area contributed by atoms with E-state index in [2.05, 4.69) is 18.9 Å². The Labute approximate surface area is 141 Å². The van der Waals surface area contributed by atoms with Crippen LogP contribution in [0.15, 0.2) is 0 Å². The fourth-order valence-electron chi connectivity index (χ4n) is 5.77. The van der Waals surface area contributed by atoms with Crippen molar-refractivity contribution in [3.8, 4) is 0 Å². The second kappa shape index (κ2) is 6.38. The zero-order valence-corrected chi connectivity index (χ0v) is 14.9. The first-order valence-corrected chi connectivity index (χ1v) is 10.1. The molecule has 2 aliphatic carbocycles. The van der Waals surface area contributed by atoms with Crippen molar-refractivity contribution in [2.75, 3.05) is 7.05 Å². The normalized spacial score (nSPS) is 44.8. The summed E-state index contributed by atoms with van der Waals surface area (Å²) in [5.41, 5.74) is 0. The number of fused-ring (bicyclic) bond motifs is 2. The van der Waals surface area contributed by atoms with E-state index in [4.69, 9.17) is 4.74 Å². The Kier molecular flexibility index (Phi) is 4.42. The van der Waals surface area contributed by atoms with Gasteiger partial charge in [-0.15, -0.1) is 0 Å². The molecule has 3 nitrogen and oxygen atoms in total. The summed E-state index contributed by atoms with van der Waals surface area (Å²) in [4.78, 5) is 15.5. The van der Waals surface area contributed by atoms with E-state index in [0.717, 1.165) is 30.7 Å². The number of carbonyl (C=O) groups excluding carboxylic acids is 1. The highest BCUT2D eigenvalue weighted by Crippen LogP contribution is 2.49. The van der Waals surface area contributed by atoms with Gasteiger partial charge in [0.1, 0.15) is 6.10 Å². The third-order valence-corrected chi connectivity index (χ3v) is 7.59. The van der Waals surface area contributed by atoms with Gasteiger partial charge in [0.25, 0.3) is 0 Å². The molecule has 130 valence electrons. The lowest BCUT2D eigenvalue weighted by atomic mass is 9.67. The molecule has 4 fully saturated rings. The van der Waals surface area contributed by atoms with E-state index in [1.54, 1.807) is 0 Å². The highest BCUT2D eigenvalue weighted by Gasteiger charge is 2.51. The van der Waals surface area contributed by atoms with Gasteiger partial charge in [0, 0.05) is 12.1 Å². The van der Waals surface area contributed by atoms with Gasteiger partial charge in [-0.2, -0.15) is 0 Å². The van der Waals surface area contributed by atoms with Crippen LogP contribution >= 0.6 is 0 Å². The van der Waals surface area contributed by atoms with Gasteiger partial charge in [-0.25, -0.2) is 0 Å². The van der Waals surface area contributed by atoms with Crippen molar-refractivity contribution in [2.45, 2.75) is 89.3 Å². The molecule has 2 aliphatic heterocycles. The number of carbonyl (C=O) groups is 1. The minimum atomic E-state index is 0.149. The zero-order chi connectivity index (χ0) is 16.0. The van der Waals surface area contributed by atoms with E-state index < -0.39 is 0 Å². The Hall–Kier alpha value is -0.570. The van der Waals surface area contributed by atoms with E-state index in [0.29, 0.717) is 12.0 Å². The molecule has 0 N–H and O–H groups in total. The van der Waals surface area contributed by atoms with Crippen molar-refractivity contribution in [3.63, 3.8) is 0 Å². The van der Waals surface area contributed by atoms with Crippen molar-refractivity contribution in [1.29, 1.82) is 0 Å². The number of hydrogen-bond acceptors (Lipinski definition) is 3. The van der Waals surface area contributed by atoms with Gasteiger partial charge < -0.3 is 4.74 Å². The molecule has 2 saturated heterocycles. The van der Waals surface area contributed by atoms with E-state index in [-0.39, 0.29) is 18.0 Å². The summed E-state index contributed by atoms with van der Waals surface area (Å²) in [5, 5.41) is 0. The van der Waals surface area contributed by atoms with Crippen molar-refractivity contribution in [2.24, 2.45) is 23.7 Å². The number of esters is 1. The lowest BCUT2D eigenvalue weighted by molar-refractivity contribution is -0.166. The second-order valence-electron chi connectivity index (χ2n) is 8.90. The second-order valence-corrected chi connectivity index (χ2v) is 8.90. The Balaban J connectivity index is 1.51. The minimum Gasteiger partial charge on any atom is -0.462 e. The summed E-state index contributed by atoms with van der Waals surface area (Å²) < 4.78 is 5.90. The van der Waals surface area contributed by atoms with Gasteiger partial charge in [0.15, 0.2) is 0 Å². The molecular weight excluding hydrogens is 286 g/mol. The smallest absolute Gasteiger partial charge is 0.311 e. The van der Waals surface area contributed by atoms with Crippen LogP contribution in [0.3, 0.4) is 0 Å². The molecule has 2 saturated carbocycles. The largest absolute Gasteiger partial charge is 0.462 e. The standard InChI is InChI=1S/C20H33NO2/c1-13-6-8-14(9-7-13)17-12-15-10-11-18(21(15)2)19(17)20(22)23-16-4-3-5-16/h13-19H,3-12H2,1-2H3/t13?,14?,15?,17?,18?,19-/m0/s1. The number of ether oxygens (including phenoxy) is 1. The van der Waals surface area contributed by atoms with Crippen molar-refractivity contribution >= 4 is 5.97 Å². The van der Waals surface area contributed by atoms with E-state index in [1.807, 2.05) is 0 Å². The topological polar surface area (TPSA) is 29.5 Å². The van der Waals surface area contributed by atoms with Crippen molar-refractivity contribution < 1.29 is 9.53 Å². The summed E-state index contributed by atoms with van der Waals surface area (Å²) in [7, 11) is 2.24. The van der Waals surface area contributed by atoms with Crippen LogP contribution in [0.25, 0.3) is 0 Å². The lowest BCUT2D eigenvalue weighted by Gasteiger charge is -2.46. The van der Waals surface area contributed by atoms with E-state index >= 15 is 0 Å². The predicted molar refractivity (Wildman–Crippen MR) is 91.0 cm³/mol. The fourth-order valence-corrected chi connectivity index (χ4v) is 5.77. The molecule has 2 heterocycles. The highest BCUT2D eigenvalue weighted by atomic mass is 16.5. The molecule has 4 atom stereocenters. The minimum absolute atomic E-state index is 0.149. The maximum absolute atomic E-state index is 13.0. The Bertz CT molecular complexity index is 439. The van der Waals surface area contributed by atoms with Crippen LogP contribution in [0.2, 0.25) is 0 Å². The number of hydrogen-bond donors (Lipinski definition) is 0. The molecule has 0 aromatic rings. The van der Waals surface area contributed by atoms with Gasteiger partial charge >= 0.3 is 5.97 Å². The van der Waals surface area contributed by atoms with Crippen LogP contribution < -0.4 is 0 Å². The number of piperidine rings is 1. The zero-order valence-electron chi connectivity index (χ0n) is 14.9. The Morgan fingerprint density at radius 2 is 1.74 bits per heavy atom. The van der Waals surface area contributed by atoms with Crippen LogP contribution in [0, 0.1) is 23.7 Å². The van der Waals surface area contributed by atoms with Gasteiger partial charge in [-0.05, 0) is 76.2 Å². The van der Waals surface area contributed by atoms with Crippen LogP contribution in [-0.2, 0) is 9.53 Å². The van der Waals surface area contributed by atoms with Crippen molar-refractivity contribution in [3.05, 3.63) is 0 Å². The van der Waals surface area contributed by atoms with Crippen LogP contribution in [0.1, 0.15) is 71.1 Å². The molecule has 2 bridgehead atoms. The first kappa shape index (κ1) is 15.9. The van der Waals surface area contributed by atoms with Crippen molar-refractivity contribution in [1.82, 2.24) is 4.90 Å². The fraction of sp³-hybridized carbons (Fsp3) is 0.950. The molecule has 0 spiro atoms. The van der Waals surface area contributed by atoms with Gasteiger partial charge in [-0.3, -0.25) is 9.69 Å². The summed E-state index contributed by atoms with van der Waals surface area (Å²) in [6.45, 7) is 2.39. The molecule has 3 unspecified atom stereocenters. The predicted octanol–water partition coefficient (Wildman–Crippen LogP) is 4.01. The van der Waals surface area contributed by atoms with Gasteiger partial charge in [0.05, 0.1) is 5.92 Å². The molecule has 0 amide bonds. The monoisotopic (exact) mass is 319 g/mol. The summed E-state index contributed by atoms with van der Waals surface area (Å²) in [6.07, 6.45) is 12.8. The maximum Gasteiger partial charge on any atom is 0.311 e. The quantitative estimate of drug-likeness (QED) is 0.736. The molecule has 0 aromatic heterocycles. The number of rotatable bonds is 3. The molecule has 23 heavy (non-hydrogen) atoms. The van der Waals surface area contributed by atoms with Crippen LogP contribution in [-0.4, -0.2) is 36.1 Å². The van der Waals surface area contributed by atoms with Crippen LogP contribution in [0.5, 0.6) is 0 Å². The summed E-state index contributed by atoms with van der Waals surface area (Å²) in [5.74, 6) is 2.54. The Morgan fingerprint density at radius 1 is 1.00 bits per heavy atom. The lowest BCUT2D eigenvalue weighted by Crippen LogP contribution is -2.52. The molecule has 0 aromatic carbocycles. The number of nitrogens with zero attached hydrogens (tertiary/aromatic N) is 1. The first-order chi connectivity index (χ1) is 11.1. The molecule has 4 rings (SSSR count). The SMILES string of the molecule is CC1CCC(C2CC3CCC([C@H]2C(=O)OC2CCC2)N3C)CC1. The average Bonchev–Trinajstić information content (AvgIpc) is 2.74. The third-order valence-electron chi connectivity index (χ3n) is 7.59. The molecule has 0 radical (unpaired) electrons. The highest BCUT2D eigenvalue weighted by molar-refractivity contribution is 5.74. The first-order valence-electron chi connectivity index (χ1n) is 10.1. The summed E-state index contributed by atoms with van der Waals surface area (Å²) >= 11 is 0. The van der Waals surface area contributed by atoms with Gasteiger partial charge in [-0.1, -0.05) is 19.8 Å². The van der Waals surface area contributed by atoms with E-state index in [1.165, 1.54) is 51.4 Å². The molecule has 4 aliphatic rings. The van der Waals surface area contributed by atoms with Crippen LogP contribution in [0.4, 0.5) is 0 Å². The average molecular weight is 319 g/mol. The van der Waals surface area contributed by atoms with Gasteiger partial charge in [0.2, 0.25) is 0 Å². The summed E-state index contributed by atoms with van der Waals surface area (Å²) in [6, 6.07) is 1.17.